The van der Waals surface area contributed by atoms with E-state index < -0.39 is 5.60 Å². The lowest BCUT2D eigenvalue weighted by molar-refractivity contribution is -0.00337. The second kappa shape index (κ2) is 24.0. The molecule has 4 saturated heterocycles. The largest absolute Gasteiger partial charge is 0.444 e. The van der Waals surface area contributed by atoms with Gasteiger partial charge in [0.1, 0.15) is 28.6 Å². The molecule has 22 nitrogen and oxygen atoms in total. The highest BCUT2D eigenvalue weighted by Crippen LogP contribution is 2.34. The molecule has 0 spiro atoms. The third-order valence-corrected chi connectivity index (χ3v) is 16.7. The molecule has 3 N–H and O–H groups in total. The third-order valence-electron chi connectivity index (χ3n) is 16.7. The van der Waals surface area contributed by atoms with Crippen molar-refractivity contribution in [1.29, 1.82) is 0 Å². The molecule has 2 aromatic carbocycles. The van der Waals surface area contributed by atoms with Crippen molar-refractivity contribution in [2.75, 3.05) is 65.0 Å². The molecule has 8 aromatic rings. The first kappa shape index (κ1) is 61.3. The molecule has 22 heteroatoms. The van der Waals surface area contributed by atoms with E-state index in [2.05, 4.69) is 102 Å². The molecular formula is C67H80N16O6. The topological polar surface area (TPSA) is 234 Å². The van der Waals surface area contributed by atoms with Crippen LogP contribution in [0, 0.1) is 0 Å². The van der Waals surface area contributed by atoms with Crippen molar-refractivity contribution in [3.63, 3.8) is 0 Å². The standard InChI is InChI=1S/C36H44N8O4.C31H36N8O2/c1-35(2,3)24-10-12-25(13-11-24)44-28(32(46)41(7)8)17-23-19-38-33(40-30(23)44)39-29-16-9-22(18-37-29)31(45)42-20-26-14-15-27(21-42)43(26)34(47)48-36(4,5)6;1-31(2,3)21-7-11-24(12-8-21)39-25(29(41)37(4)5)14-20-16-33-30(36-27(20)39)35-26-13-6-19(15-32-26)28(40)38-17-22-9-10-23(18-38)34-22/h9-13,16-19,26-27H,14-15,20-21H2,1-8H3,(H,37,38,39,40);6-8,11-16,22-23,34H,9-10,17-18H2,1-5H3,(H,32,33,35,36). The lowest BCUT2D eigenvalue weighted by Crippen LogP contribution is -2.57. The van der Waals surface area contributed by atoms with Crippen molar-refractivity contribution in [3.05, 3.63) is 143 Å². The lowest BCUT2D eigenvalue weighted by Gasteiger charge is -2.41. The van der Waals surface area contributed by atoms with Gasteiger partial charge in [-0.3, -0.25) is 33.2 Å². The predicted octanol–water partition coefficient (Wildman–Crippen LogP) is 9.92. The Labute approximate surface area is 519 Å². The highest BCUT2D eigenvalue weighted by Gasteiger charge is 2.46. The van der Waals surface area contributed by atoms with E-state index >= 15 is 0 Å². The molecule has 10 heterocycles. The van der Waals surface area contributed by atoms with Gasteiger partial charge in [0.25, 0.3) is 23.6 Å². The molecule has 6 aromatic heterocycles. The number of hydrogen-bond acceptors (Lipinski definition) is 15. The van der Waals surface area contributed by atoms with Gasteiger partial charge in [-0.25, -0.2) is 24.7 Å². The molecule has 4 atom stereocenters. The predicted molar refractivity (Wildman–Crippen MR) is 343 cm³/mol. The quantitative estimate of drug-likeness (QED) is 0.116. The third kappa shape index (κ3) is 13.1. The van der Waals surface area contributed by atoms with Gasteiger partial charge in [0.05, 0.1) is 23.2 Å². The first-order valence-electron chi connectivity index (χ1n) is 30.4. The van der Waals surface area contributed by atoms with Gasteiger partial charge >= 0.3 is 6.09 Å². The summed E-state index contributed by atoms with van der Waals surface area (Å²) in [6.07, 6.45) is 10.1. The second-order valence-corrected chi connectivity index (χ2v) is 27.1. The van der Waals surface area contributed by atoms with Crippen LogP contribution in [0.1, 0.15) is 141 Å². The lowest BCUT2D eigenvalue weighted by atomic mass is 9.87. The minimum absolute atomic E-state index is 0.00788. The Morgan fingerprint density at radius 1 is 0.517 bits per heavy atom. The van der Waals surface area contributed by atoms with Gasteiger partial charge in [-0.1, -0.05) is 65.8 Å². The van der Waals surface area contributed by atoms with E-state index in [4.69, 9.17) is 14.7 Å². The monoisotopic (exact) mass is 1200 g/mol. The van der Waals surface area contributed by atoms with E-state index in [1.54, 1.807) is 98.0 Å². The SMILES string of the molecule is CN(C)C(=O)c1cc2cnc(Nc3ccc(C(=O)N4CC5CCC(C4)N5)cn3)nc2n1-c1ccc(C(C)(C)C)cc1.CN(C)C(=O)c1cc2cnc(Nc3ccc(C(=O)N4CC5CCC(C4)N5C(=O)OC(C)(C)C)cn3)nc2n1-c1ccc(C(C)(C)C)cc1. The number of ether oxygens (including phenoxy) is 1. The average molecular weight is 1210 g/mol. The summed E-state index contributed by atoms with van der Waals surface area (Å²) in [6.45, 7) is 21.0. The minimum Gasteiger partial charge on any atom is -0.444 e. The molecule has 4 bridgehead atoms. The van der Waals surface area contributed by atoms with Crippen molar-refractivity contribution in [1.82, 2.24) is 68.9 Å². The molecule has 0 aliphatic carbocycles. The Balaban J connectivity index is 0.000000186. The van der Waals surface area contributed by atoms with Gasteiger partial charge in [0, 0.05) is 113 Å². The van der Waals surface area contributed by atoms with Crippen LogP contribution in [0.2, 0.25) is 0 Å². The fourth-order valence-corrected chi connectivity index (χ4v) is 12.0. The molecule has 4 unspecified atom stereocenters. The van der Waals surface area contributed by atoms with Crippen LogP contribution in [0.5, 0.6) is 0 Å². The van der Waals surface area contributed by atoms with Crippen LogP contribution in [-0.4, -0.2) is 177 Å². The summed E-state index contributed by atoms with van der Waals surface area (Å²) < 4.78 is 9.34. The Bertz CT molecular complexity index is 3940. The Morgan fingerprint density at radius 2 is 0.921 bits per heavy atom. The minimum atomic E-state index is -0.571. The van der Waals surface area contributed by atoms with Crippen LogP contribution < -0.4 is 16.0 Å². The number of amides is 5. The number of anilines is 4. The van der Waals surface area contributed by atoms with E-state index in [0.717, 1.165) is 60.9 Å². The van der Waals surface area contributed by atoms with Crippen LogP contribution in [0.3, 0.4) is 0 Å². The fourth-order valence-electron chi connectivity index (χ4n) is 12.0. The molecule has 4 aliphatic heterocycles. The zero-order chi connectivity index (χ0) is 63.4. The average Bonchev–Trinajstić information content (AvgIpc) is 1.68. The highest BCUT2D eigenvalue weighted by molar-refractivity contribution is 6.00. The second-order valence-electron chi connectivity index (χ2n) is 27.1. The normalized spacial score (nSPS) is 18.1. The Hall–Kier alpha value is -9.31. The zero-order valence-corrected chi connectivity index (χ0v) is 53.1. The maximum Gasteiger partial charge on any atom is 0.410 e. The van der Waals surface area contributed by atoms with Crippen molar-refractivity contribution in [3.8, 4) is 11.4 Å². The summed E-state index contributed by atoms with van der Waals surface area (Å²) in [4.78, 5) is 102. The van der Waals surface area contributed by atoms with Crippen LogP contribution in [0.4, 0.5) is 28.3 Å². The van der Waals surface area contributed by atoms with E-state index in [1.165, 1.54) is 11.1 Å². The number of fused-ring (bicyclic) bond motifs is 6. The van der Waals surface area contributed by atoms with Crippen molar-refractivity contribution >= 4 is 75.3 Å². The summed E-state index contributed by atoms with van der Waals surface area (Å²) in [6, 6.07) is 27.6. The summed E-state index contributed by atoms with van der Waals surface area (Å²) >= 11 is 0. The number of rotatable bonds is 10. The number of likely N-dealkylation sites (tertiary alicyclic amines) is 2. The van der Waals surface area contributed by atoms with Gasteiger partial charge < -0.3 is 40.3 Å². The molecule has 0 saturated carbocycles. The molecule has 4 fully saturated rings. The first-order chi connectivity index (χ1) is 42.1. The smallest absolute Gasteiger partial charge is 0.410 e. The van der Waals surface area contributed by atoms with Crippen LogP contribution in [0.25, 0.3) is 33.4 Å². The van der Waals surface area contributed by atoms with Gasteiger partial charge in [0.15, 0.2) is 11.3 Å². The van der Waals surface area contributed by atoms with E-state index in [0.29, 0.717) is 82.5 Å². The molecule has 464 valence electrons. The van der Waals surface area contributed by atoms with E-state index in [-0.39, 0.29) is 52.6 Å². The molecule has 12 rings (SSSR count). The summed E-state index contributed by atoms with van der Waals surface area (Å²) in [5.74, 6) is 1.25. The first-order valence-corrected chi connectivity index (χ1v) is 30.4. The number of carbonyl (C=O) groups is 5. The van der Waals surface area contributed by atoms with E-state index in [1.807, 2.05) is 70.0 Å². The zero-order valence-electron chi connectivity index (χ0n) is 53.1. The molecule has 89 heavy (non-hydrogen) atoms. The van der Waals surface area contributed by atoms with Crippen molar-refractivity contribution in [2.24, 2.45) is 0 Å². The van der Waals surface area contributed by atoms with Crippen LogP contribution >= 0.6 is 0 Å². The number of hydrogen-bond donors (Lipinski definition) is 3. The van der Waals surface area contributed by atoms with E-state index in [9.17, 15) is 24.0 Å². The summed E-state index contributed by atoms with van der Waals surface area (Å²) in [5.41, 5.74) is 6.65. The number of pyridine rings is 2. The number of nitrogens with zero attached hydrogens (tertiary/aromatic N) is 13. The molecular weight excluding hydrogens is 1120 g/mol. The van der Waals surface area contributed by atoms with Crippen LogP contribution in [-0.2, 0) is 15.6 Å². The molecule has 5 amide bonds. The molecule has 0 radical (unpaired) electrons. The number of nitrogens with one attached hydrogen (secondary N) is 3. The molecule has 4 aliphatic rings. The van der Waals surface area contributed by atoms with Gasteiger partial charge in [-0.15, -0.1) is 0 Å². The highest BCUT2D eigenvalue weighted by atomic mass is 16.6. The van der Waals surface area contributed by atoms with Gasteiger partial charge in [-0.2, -0.15) is 9.97 Å². The van der Waals surface area contributed by atoms with Crippen molar-refractivity contribution in [2.45, 2.75) is 129 Å². The maximum absolute atomic E-state index is 13.5. The van der Waals surface area contributed by atoms with Gasteiger partial charge in [-0.05, 0) is 129 Å². The van der Waals surface area contributed by atoms with Crippen molar-refractivity contribution < 1.29 is 28.7 Å². The Kier molecular flexibility index (Phi) is 16.5. The number of benzene rings is 2. The van der Waals surface area contributed by atoms with Crippen LogP contribution in [0.15, 0.2) is 110 Å². The Morgan fingerprint density at radius 3 is 1.28 bits per heavy atom. The van der Waals surface area contributed by atoms with Gasteiger partial charge in [0.2, 0.25) is 11.9 Å². The summed E-state index contributed by atoms with van der Waals surface area (Å²) in [5, 5.41) is 11.3. The number of piperazine rings is 2. The maximum atomic E-state index is 13.5. The number of carbonyl (C=O) groups excluding carboxylic acids is 5. The fraction of sp³-hybridized carbons (Fsp3) is 0.418. The number of aromatic nitrogens is 8. The summed E-state index contributed by atoms with van der Waals surface area (Å²) in [7, 11) is 6.91.